The summed E-state index contributed by atoms with van der Waals surface area (Å²) in [6, 6.07) is 7.93. The van der Waals surface area contributed by atoms with Gasteiger partial charge in [0.1, 0.15) is 6.07 Å². The van der Waals surface area contributed by atoms with E-state index in [-0.39, 0.29) is 5.41 Å². The molecule has 2 rings (SSSR count). The molecule has 3 nitrogen and oxygen atoms in total. The Kier molecular flexibility index (Phi) is 3.59. The number of anilines is 2. The molecule has 0 radical (unpaired) electrons. The Morgan fingerprint density at radius 3 is 2.63 bits per heavy atom. The van der Waals surface area contributed by atoms with Gasteiger partial charge in [-0.05, 0) is 24.6 Å². The van der Waals surface area contributed by atoms with Crippen LogP contribution in [0.3, 0.4) is 0 Å². The van der Waals surface area contributed by atoms with Crippen molar-refractivity contribution < 1.29 is 0 Å². The lowest BCUT2D eigenvalue weighted by Gasteiger charge is -2.14. The highest BCUT2D eigenvalue weighted by Gasteiger charge is 2.17. The smallest absolute Gasteiger partial charge is 0.187 e. The predicted octanol–water partition coefficient (Wildman–Crippen LogP) is 4.36. The Labute approximate surface area is 117 Å². The molecule has 4 heteroatoms. The maximum Gasteiger partial charge on any atom is 0.187 e. The highest BCUT2D eigenvalue weighted by atomic mass is 32.1. The first-order valence-corrected chi connectivity index (χ1v) is 7.02. The van der Waals surface area contributed by atoms with E-state index in [1.807, 2.05) is 25.1 Å². The molecule has 0 amide bonds. The van der Waals surface area contributed by atoms with Crippen LogP contribution in [0, 0.1) is 18.3 Å². The van der Waals surface area contributed by atoms with Crippen molar-refractivity contribution in [2.24, 2.45) is 0 Å². The van der Waals surface area contributed by atoms with E-state index in [1.165, 1.54) is 0 Å². The first-order valence-electron chi connectivity index (χ1n) is 6.14. The van der Waals surface area contributed by atoms with Gasteiger partial charge in [0.2, 0.25) is 0 Å². The van der Waals surface area contributed by atoms with Gasteiger partial charge in [0.15, 0.2) is 5.13 Å². The van der Waals surface area contributed by atoms with E-state index in [0.29, 0.717) is 5.56 Å². The Balaban J connectivity index is 2.29. The highest BCUT2D eigenvalue weighted by molar-refractivity contribution is 7.13. The van der Waals surface area contributed by atoms with Crippen molar-refractivity contribution in [3.8, 4) is 6.07 Å². The second-order valence-electron chi connectivity index (χ2n) is 5.57. The van der Waals surface area contributed by atoms with E-state index in [4.69, 9.17) is 5.26 Å². The topological polar surface area (TPSA) is 48.7 Å². The molecule has 19 heavy (non-hydrogen) atoms. The minimum atomic E-state index is 0.0428. The predicted molar refractivity (Wildman–Crippen MR) is 80.0 cm³/mol. The third kappa shape index (κ3) is 3.12. The van der Waals surface area contributed by atoms with Crippen LogP contribution in [-0.2, 0) is 5.41 Å². The fourth-order valence-corrected chi connectivity index (χ4v) is 2.60. The van der Waals surface area contributed by atoms with E-state index in [1.54, 1.807) is 11.3 Å². The molecular weight excluding hydrogens is 254 g/mol. The third-order valence-electron chi connectivity index (χ3n) is 2.81. The molecule has 0 aliphatic carbocycles. The number of benzene rings is 1. The summed E-state index contributed by atoms with van der Waals surface area (Å²) in [7, 11) is 0. The molecule has 1 N–H and O–H groups in total. The van der Waals surface area contributed by atoms with Gasteiger partial charge in [0, 0.05) is 10.8 Å². The summed E-state index contributed by atoms with van der Waals surface area (Å²) in [5.74, 6) is 0. The van der Waals surface area contributed by atoms with E-state index in [9.17, 15) is 0 Å². The number of nitrogens with one attached hydrogen (secondary N) is 1. The molecule has 0 aliphatic heterocycles. The van der Waals surface area contributed by atoms with Crippen molar-refractivity contribution in [3.63, 3.8) is 0 Å². The molecule has 1 aromatic carbocycles. The maximum absolute atomic E-state index is 9.11. The summed E-state index contributed by atoms with van der Waals surface area (Å²) in [5.41, 5.74) is 3.68. The Morgan fingerprint density at radius 2 is 2.05 bits per heavy atom. The lowest BCUT2D eigenvalue weighted by Crippen LogP contribution is -2.11. The van der Waals surface area contributed by atoms with Crippen molar-refractivity contribution in [1.29, 1.82) is 5.26 Å². The first kappa shape index (κ1) is 13.6. The fraction of sp³-hybridized carbons (Fsp3) is 0.333. The number of nitriles is 1. The van der Waals surface area contributed by atoms with E-state index in [2.05, 4.69) is 42.5 Å². The van der Waals surface area contributed by atoms with Gasteiger partial charge in [0.05, 0.1) is 16.9 Å². The molecule has 98 valence electrons. The van der Waals surface area contributed by atoms with Crippen molar-refractivity contribution in [3.05, 3.63) is 40.4 Å². The van der Waals surface area contributed by atoms with E-state index >= 15 is 0 Å². The molecule has 0 spiro atoms. The van der Waals surface area contributed by atoms with Crippen molar-refractivity contribution >= 4 is 22.2 Å². The number of hydrogen-bond donors (Lipinski definition) is 1. The molecule has 0 aliphatic rings. The number of rotatable bonds is 2. The van der Waals surface area contributed by atoms with Gasteiger partial charge in [-0.25, -0.2) is 4.98 Å². The molecule has 0 fully saturated rings. The van der Waals surface area contributed by atoms with Crippen molar-refractivity contribution in [1.82, 2.24) is 4.98 Å². The van der Waals surface area contributed by atoms with Gasteiger partial charge in [-0.1, -0.05) is 26.8 Å². The normalized spacial score (nSPS) is 11.1. The number of nitrogens with zero attached hydrogens (tertiary/aromatic N) is 2. The van der Waals surface area contributed by atoms with Gasteiger partial charge in [0.25, 0.3) is 0 Å². The molecule has 1 aromatic heterocycles. The van der Waals surface area contributed by atoms with Crippen LogP contribution in [0.25, 0.3) is 0 Å². The van der Waals surface area contributed by atoms with E-state index in [0.717, 1.165) is 22.1 Å². The monoisotopic (exact) mass is 271 g/mol. The lowest BCUT2D eigenvalue weighted by atomic mass is 9.93. The van der Waals surface area contributed by atoms with Crippen LogP contribution in [0.5, 0.6) is 0 Å². The summed E-state index contributed by atoms with van der Waals surface area (Å²) in [4.78, 5) is 4.58. The Bertz CT molecular complexity index is 630. The second kappa shape index (κ2) is 5.02. The maximum atomic E-state index is 9.11. The average Bonchev–Trinajstić information content (AvgIpc) is 2.77. The van der Waals surface area contributed by atoms with Crippen LogP contribution in [0.2, 0.25) is 0 Å². The van der Waals surface area contributed by atoms with Gasteiger partial charge in [-0.3, -0.25) is 0 Å². The Hall–Kier alpha value is -1.86. The lowest BCUT2D eigenvalue weighted by molar-refractivity contribution is 0.573. The molecule has 1 heterocycles. The molecule has 0 saturated heterocycles. The minimum absolute atomic E-state index is 0.0428. The second-order valence-corrected chi connectivity index (χ2v) is 6.43. The van der Waals surface area contributed by atoms with Crippen LogP contribution in [0.15, 0.2) is 23.6 Å². The van der Waals surface area contributed by atoms with Crippen LogP contribution >= 0.6 is 11.3 Å². The van der Waals surface area contributed by atoms with Crippen LogP contribution in [0.1, 0.15) is 37.6 Å². The number of thiazole rings is 1. The molecular formula is C15H17N3S. The van der Waals surface area contributed by atoms with Crippen molar-refractivity contribution in [2.45, 2.75) is 33.1 Å². The zero-order chi connectivity index (χ0) is 14.0. The summed E-state index contributed by atoms with van der Waals surface area (Å²) in [6.07, 6.45) is 0. The first-order chi connectivity index (χ1) is 8.90. The van der Waals surface area contributed by atoms with Gasteiger partial charge in [-0.15, -0.1) is 11.3 Å². The summed E-state index contributed by atoms with van der Waals surface area (Å²) >= 11 is 1.56. The third-order valence-corrected chi connectivity index (χ3v) is 3.57. The summed E-state index contributed by atoms with van der Waals surface area (Å²) < 4.78 is 0. The molecule has 0 atom stereocenters. The summed E-state index contributed by atoms with van der Waals surface area (Å²) in [5, 5.41) is 15.2. The summed E-state index contributed by atoms with van der Waals surface area (Å²) in [6.45, 7) is 8.42. The van der Waals surface area contributed by atoms with Crippen molar-refractivity contribution in [2.75, 3.05) is 5.32 Å². The van der Waals surface area contributed by atoms with Crippen LogP contribution in [-0.4, -0.2) is 4.98 Å². The zero-order valence-corrected chi connectivity index (χ0v) is 12.4. The molecule has 0 bridgehead atoms. The number of aromatic nitrogens is 1. The minimum Gasteiger partial charge on any atom is -0.330 e. The average molecular weight is 271 g/mol. The SMILES string of the molecule is Cc1ccc(C#N)c(Nc2nc(C(C)(C)C)cs2)c1. The fourth-order valence-electron chi connectivity index (χ4n) is 1.65. The standard InChI is InChI=1S/C15H17N3S/c1-10-5-6-11(8-16)12(7-10)17-14-18-13(9-19-14)15(2,3)4/h5-7,9H,1-4H3,(H,17,18). The Morgan fingerprint density at radius 1 is 1.32 bits per heavy atom. The molecule has 0 unspecified atom stereocenters. The number of aryl methyl sites for hydroxylation is 1. The highest BCUT2D eigenvalue weighted by Crippen LogP contribution is 2.29. The van der Waals surface area contributed by atoms with Gasteiger partial charge >= 0.3 is 0 Å². The largest absolute Gasteiger partial charge is 0.330 e. The number of hydrogen-bond acceptors (Lipinski definition) is 4. The van der Waals surface area contributed by atoms with Gasteiger partial charge < -0.3 is 5.32 Å². The van der Waals surface area contributed by atoms with Crippen LogP contribution < -0.4 is 5.32 Å². The van der Waals surface area contributed by atoms with Crippen LogP contribution in [0.4, 0.5) is 10.8 Å². The molecule has 0 saturated carbocycles. The van der Waals surface area contributed by atoms with E-state index < -0.39 is 0 Å². The molecule has 2 aromatic rings. The zero-order valence-electron chi connectivity index (χ0n) is 11.6. The quantitative estimate of drug-likeness (QED) is 0.882. The van der Waals surface area contributed by atoms with Gasteiger partial charge in [-0.2, -0.15) is 5.26 Å².